The van der Waals surface area contributed by atoms with Crippen molar-refractivity contribution in [2.24, 2.45) is 16.6 Å². The Balaban J connectivity index is 0.00000180. The summed E-state index contributed by atoms with van der Waals surface area (Å²) in [6.45, 7) is 0.785. The molecule has 106 valence electrons. The maximum absolute atomic E-state index is 6.02. The molecule has 1 saturated carbocycles. The minimum Gasteiger partial charge on any atom is -0.495 e. The lowest BCUT2D eigenvalue weighted by Gasteiger charge is -2.08. The number of hydrogen-bond donors (Lipinski definition) is 2. The van der Waals surface area contributed by atoms with Crippen LogP contribution in [0.3, 0.4) is 0 Å². The molecule has 4 nitrogen and oxygen atoms in total. The number of nitrogens with two attached hydrogens (primary N) is 1. The summed E-state index contributed by atoms with van der Waals surface area (Å²) >= 11 is 6.02. The van der Waals surface area contributed by atoms with Crippen molar-refractivity contribution in [3.63, 3.8) is 0 Å². The highest BCUT2D eigenvalue weighted by Crippen LogP contribution is 2.32. The van der Waals surface area contributed by atoms with Gasteiger partial charge >= 0.3 is 0 Å². The normalized spacial score (nSPS) is 14.7. The van der Waals surface area contributed by atoms with E-state index in [4.69, 9.17) is 22.1 Å². The Kier molecular flexibility index (Phi) is 6.71. The van der Waals surface area contributed by atoms with Crippen LogP contribution in [-0.2, 0) is 0 Å². The number of hydrogen-bond acceptors (Lipinski definition) is 2. The summed E-state index contributed by atoms with van der Waals surface area (Å²) in [6, 6.07) is 5.42. The maximum atomic E-state index is 6.02. The van der Waals surface area contributed by atoms with E-state index in [2.05, 4.69) is 10.3 Å². The van der Waals surface area contributed by atoms with Gasteiger partial charge in [0.2, 0.25) is 0 Å². The van der Waals surface area contributed by atoms with Crippen LogP contribution in [0.1, 0.15) is 19.3 Å². The Morgan fingerprint density at radius 3 is 2.84 bits per heavy atom. The predicted octanol–water partition coefficient (Wildman–Crippen LogP) is 3.49. The molecule has 3 N–H and O–H groups in total. The Hall–Kier alpha value is -0.690. The first-order valence-corrected chi connectivity index (χ1v) is 6.47. The van der Waals surface area contributed by atoms with Gasteiger partial charge in [0, 0.05) is 12.2 Å². The molecule has 0 spiro atoms. The van der Waals surface area contributed by atoms with E-state index in [0.717, 1.165) is 24.6 Å². The molecule has 0 saturated heterocycles. The average Bonchev–Trinajstić information content (AvgIpc) is 3.13. The number of methoxy groups -OCH3 is 1. The lowest BCUT2D eigenvalue weighted by atomic mass is 10.3. The fraction of sp³-hybridized carbons (Fsp3) is 0.462. The van der Waals surface area contributed by atoms with Crippen molar-refractivity contribution < 1.29 is 4.74 Å². The molecule has 0 radical (unpaired) electrons. The number of benzene rings is 1. The van der Waals surface area contributed by atoms with E-state index in [1.807, 2.05) is 6.07 Å². The number of guanidine groups is 1. The van der Waals surface area contributed by atoms with Gasteiger partial charge in [-0.05, 0) is 30.5 Å². The van der Waals surface area contributed by atoms with Gasteiger partial charge in [-0.3, -0.25) is 4.99 Å². The van der Waals surface area contributed by atoms with Gasteiger partial charge in [-0.1, -0.05) is 24.4 Å². The van der Waals surface area contributed by atoms with E-state index in [1.165, 1.54) is 12.8 Å². The summed E-state index contributed by atoms with van der Waals surface area (Å²) in [5.74, 6) is 1.94. The fourth-order valence-corrected chi connectivity index (χ4v) is 1.96. The van der Waals surface area contributed by atoms with Crippen LogP contribution in [-0.4, -0.2) is 19.6 Å². The number of rotatable bonds is 5. The first-order chi connectivity index (χ1) is 8.69. The fourth-order valence-electron chi connectivity index (χ4n) is 1.71. The molecule has 0 bridgehead atoms. The number of anilines is 1. The number of aliphatic imine (C=N–C) groups is 1. The van der Waals surface area contributed by atoms with Crippen LogP contribution in [0.2, 0.25) is 5.02 Å². The Labute approximate surface area is 135 Å². The molecule has 1 aliphatic rings. The van der Waals surface area contributed by atoms with Crippen molar-refractivity contribution >= 4 is 47.2 Å². The molecular formula is C13H19ClIN3O. The van der Waals surface area contributed by atoms with Gasteiger partial charge < -0.3 is 15.8 Å². The van der Waals surface area contributed by atoms with Crippen LogP contribution in [0.15, 0.2) is 23.2 Å². The highest BCUT2D eigenvalue weighted by atomic mass is 127. The van der Waals surface area contributed by atoms with Crippen molar-refractivity contribution in [1.82, 2.24) is 0 Å². The van der Waals surface area contributed by atoms with Gasteiger partial charge in [-0.15, -0.1) is 24.0 Å². The zero-order chi connectivity index (χ0) is 13.0. The third kappa shape index (κ3) is 5.44. The van der Waals surface area contributed by atoms with Crippen LogP contribution in [0.4, 0.5) is 5.69 Å². The Morgan fingerprint density at radius 1 is 1.53 bits per heavy atom. The second kappa shape index (κ2) is 7.79. The van der Waals surface area contributed by atoms with Gasteiger partial charge in [-0.2, -0.15) is 0 Å². The third-order valence-electron chi connectivity index (χ3n) is 2.94. The summed E-state index contributed by atoms with van der Waals surface area (Å²) in [5, 5.41) is 3.57. The molecule has 2 rings (SSSR count). The van der Waals surface area contributed by atoms with Gasteiger partial charge in [0.1, 0.15) is 5.75 Å². The van der Waals surface area contributed by atoms with Crippen LogP contribution >= 0.6 is 35.6 Å². The van der Waals surface area contributed by atoms with Gasteiger partial charge in [-0.25, -0.2) is 0 Å². The Bertz CT molecular complexity index is 450. The largest absolute Gasteiger partial charge is 0.495 e. The number of nitrogens with one attached hydrogen (secondary N) is 1. The average molecular weight is 396 g/mol. The summed E-state index contributed by atoms with van der Waals surface area (Å²) in [5.41, 5.74) is 6.61. The van der Waals surface area contributed by atoms with E-state index in [-0.39, 0.29) is 24.0 Å². The van der Waals surface area contributed by atoms with Gasteiger partial charge in [0.25, 0.3) is 0 Å². The number of nitrogens with zero attached hydrogens (tertiary/aromatic N) is 1. The van der Waals surface area contributed by atoms with Crippen LogP contribution in [0.25, 0.3) is 0 Å². The molecule has 0 amide bonds. The number of ether oxygens (including phenoxy) is 1. The maximum Gasteiger partial charge on any atom is 0.193 e. The zero-order valence-electron chi connectivity index (χ0n) is 10.9. The lowest BCUT2D eigenvalue weighted by molar-refractivity contribution is 0.415. The molecule has 0 aromatic heterocycles. The monoisotopic (exact) mass is 395 g/mol. The minimum absolute atomic E-state index is 0. The molecule has 19 heavy (non-hydrogen) atoms. The topological polar surface area (TPSA) is 59.6 Å². The molecule has 0 heterocycles. The molecule has 0 unspecified atom stereocenters. The highest BCUT2D eigenvalue weighted by molar-refractivity contribution is 14.0. The minimum atomic E-state index is 0. The van der Waals surface area contributed by atoms with E-state index in [1.54, 1.807) is 19.2 Å². The number of halogens is 2. The first kappa shape index (κ1) is 16.4. The van der Waals surface area contributed by atoms with Crippen LogP contribution < -0.4 is 15.8 Å². The lowest BCUT2D eigenvalue weighted by Crippen LogP contribution is -2.22. The summed E-state index contributed by atoms with van der Waals surface area (Å²) in [6.07, 6.45) is 3.82. The summed E-state index contributed by atoms with van der Waals surface area (Å²) in [4.78, 5) is 4.28. The molecule has 1 fully saturated rings. The summed E-state index contributed by atoms with van der Waals surface area (Å²) in [7, 11) is 1.59. The second-order valence-electron chi connectivity index (χ2n) is 4.47. The predicted molar refractivity (Wildman–Crippen MR) is 90.9 cm³/mol. The first-order valence-electron chi connectivity index (χ1n) is 6.09. The van der Waals surface area contributed by atoms with Crippen molar-refractivity contribution in [2.75, 3.05) is 19.0 Å². The standard InChI is InChI=1S/C13H18ClN3O.HI/c1-18-12-5-4-10(8-11(12)14)17-13(15)16-7-6-9-2-3-9;/h4-5,8-9H,2-3,6-7H2,1H3,(H3,15,16,17);1H. The van der Waals surface area contributed by atoms with Gasteiger partial charge in [0.15, 0.2) is 5.96 Å². The molecule has 1 aromatic carbocycles. The molecule has 1 aliphatic carbocycles. The van der Waals surface area contributed by atoms with Gasteiger partial charge in [0.05, 0.1) is 12.1 Å². The zero-order valence-corrected chi connectivity index (χ0v) is 13.9. The van der Waals surface area contributed by atoms with Crippen molar-refractivity contribution in [3.8, 4) is 5.75 Å². The van der Waals surface area contributed by atoms with E-state index in [9.17, 15) is 0 Å². The molecule has 0 atom stereocenters. The highest BCUT2D eigenvalue weighted by Gasteiger charge is 2.19. The quantitative estimate of drug-likeness (QED) is 0.456. The Morgan fingerprint density at radius 2 is 2.26 bits per heavy atom. The molecule has 0 aliphatic heterocycles. The molecule has 6 heteroatoms. The van der Waals surface area contributed by atoms with E-state index >= 15 is 0 Å². The SMILES string of the molecule is COc1ccc(NC(N)=NCCC2CC2)cc1Cl.I. The summed E-state index contributed by atoms with van der Waals surface area (Å²) < 4.78 is 5.08. The van der Waals surface area contributed by atoms with Crippen LogP contribution in [0, 0.1) is 5.92 Å². The third-order valence-corrected chi connectivity index (χ3v) is 3.24. The van der Waals surface area contributed by atoms with Crippen molar-refractivity contribution in [3.05, 3.63) is 23.2 Å². The smallest absolute Gasteiger partial charge is 0.193 e. The van der Waals surface area contributed by atoms with Crippen LogP contribution in [0.5, 0.6) is 5.75 Å². The van der Waals surface area contributed by atoms with Crippen molar-refractivity contribution in [2.45, 2.75) is 19.3 Å². The van der Waals surface area contributed by atoms with E-state index < -0.39 is 0 Å². The molecular weight excluding hydrogens is 377 g/mol. The second-order valence-corrected chi connectivity index (χ2v) is 4.88. The molecule has 1 aromatic rings. The van der Waals surface area contributed by atoms with Crippen molar-refractivity contribution in [1.29, 1.82) is 0 Å². The van der Waals surface area contributed by atoms with E-state index in [0.29, 0.717) is 16.7 Å².